The molecule has 5 heteroatoms. The summed E-state index contributed by atoms with van der Waals surface area (Å²) >= 11 is 9.76. The fourth-order valence-corrected chi connectivity index (χ4v) is 2.73. The molecule has 0 saturated carbocycles. The molecule has 0 aliphatic carbocycles. The van der Waals surface area contributed by atoms with Crippen molar-refractivity contribution in [1.29, 1.82) is 0 Å². The molecule has 0 atom stereocenters. The summed E-state index contributed by atoms with van der Waals surface area (Å²) in [6, 6.07) is 3.94. The van der Waals surface area contributed by atoms with Crippen LogP contribution in [0.25, 0.3) is 0 Å². The molecule has 108 valence electrons. The van der Waals surface area contributed by atoms with E-state index in [1.54, 1.807) is 0 Å². The monoisotopic (exact) mass is 355 g/mol. The van der Waals surface area contributed by atoms with Crippen molar-refractivity contribution in [2.24, 2.45) is 0 Å². The zero-order valence-electron chi connectivity index (χ0n) is 12.0. The molecule has 0 saturated heterocycles. The van der Waals surface area contributed by atoms with E-state index in [-0.39, 0.29) is 0 Å². The summed E-state index contributed by atoms with van der Waals surface area (Å²) in [6.45, 7) is 7.15. The lowest BCUT2D eigenvalue weighted by molar-refractivity contribution is 0.637. The molecule has 1 aromatic carbocycles. The lowest BCUT2D eigenvalue weighted by Crippen LogP contribution is -2.03. The Balaban J connectivity index is 2.27. The van der Waals surface area contributed by atoms with E-state index in [2.05, 4.69) is 43.9 Å². The van der Waals surface area contributed by atoms with Crippen LogP contribution in [0.1, 0.15) is 31.0 Å². The van der Waals surface area contributed by atoms with Crippen LogP contribution in [0.15, 0.2) is 22.8 Å². The molecule has 0 aliphatic rings. The average molecular weight is 357 g/mol. The van der Waals surface area contributed by atoms with E-state index < -0.39 is 0 Å². The molecule has 1 aromatic heterocycles. The van der Waals surface area contributed by atoms with Gasteiger partial charge < -0.3 is 9.88 Å². The number of rotatable bonds is 5. The van der Waals surface area contributed by atoms with E-state index >= 15 is 0 Å². The predicted molar refractivity (Wildman–Crippen MR) is 89.0 cm³/mol. The summed E-state index contributed by atoms with van der Waals surface area (Å²) in [4.78, 5) is 4.54. The number of halogens is 2. The van der Waals surface area contributed by atoms with E-state index in [4.69, 9.17) is 11.6 Å². The Morgan fingerprint density at radius 2 is 2.10 bits per heavy atom. The number of aromatic nitrogens is 2. The van der Waals surface area contributed by atoms with E-state index in [1.807, 2.05) is 26.0 Å². The summed E-state index contributed by atoms with van der Waals surface area (Å²) in [5, 5.41) is 4.11. The topological polar surface area (TPSA) is 29.9 Å². The highest BCUT2D eigenvalue weighted by molar-refractivity contribution is 9.10. The summed E-state index contributed by atoms with van der Waals surface area (Å²) in [6.07, 6.45) is 4.37. The van der Waals surface area contributed by atoms with Crippen LogP contribution in [-0.4, -0.2) is 9.55 Å². The molecule has 0 spiro atoms. The van der Waals surface area contributed by atoms with Crippen molar-refractivity contribution in [1.82, 2.24) is 9.55 Å². The summed E-state index contributed by atoms with van der Waals surface area (Å²) in [7, 11) is 0. The Morgan fingerprint density at radius 1 is 1.35 bits per heavy atom. The number of nitrogens with zero attached hydrogens (tertiary/aromatic N) is 2. The maximum Gasteiger partial charge on any atom is 0.207 e. The SMILES string of the molecule is CCCCn1cc(C)nc1Nc1cc(Cl)c(C)cc1Br. The smallest absolute Gasteiger partial charge is 0.207 e. The van der Waals surface area contributed by atoms with Crippen molar-refractivity contribution in [3.05, 3.63) is 39.1 Å². The number of unbranched alkanes of at least 4 members (excludes halogenated alkanes) is 1. The number of benzene rings is 1. The molecule has 0 unspecified atom stereocenters. The van der Waals surface area contributed by atoms with Crippen molar-refractivity contribution in [2.75, 3.05) is 5.32 Å². The van der Waals surface area contributed by atoms with Gasteiger partial charge in [-0.3, -0.25) is 0 Å². The number of hydrogen-bond donors (Lipinski definition) is 1. The molecule has 3 nitrogen and oxygen atoms in total. The van der Waals surface area contributed by atoms with Gasteiger partial charge in [0, 0.05) is 22.2 Å². The molecule has 1 N–H and O–H groups in total. The molecule has 2 aromatic rings. The molecule has 0 amide bonds. The van der Waals surface area contributed by atoms with Gasteiger partial charge in [-0.25, -0.2) is 4.98 Å². The third-order valence-electron chi connectivity index (χ3n) is 3.14. The summed E-state index contributed by atoms with van der Waals surface area (Å²) in [5.74, 6) is 0.858. The summed E-state index contributed by atoms with van der Waals surface area (Å²) < 4.78 is 3.14. The fraction of sp³-hybridized carbons (Fsp3) is 0.400. The molecule has 0 aliphatic heterocycles. The van der Waals surface area contributed by atoms with Crippen LogP contribution in [0, 0.1) is 13.8 Å². The van der Waals surface area contributed by atoms with Crippen molar-refractivity contribution < 1.29 is 0 Å². The number of anilines is 2. The van der Waals surface area contributed by atoms with Crippen LogP contribution in [0.5, 0.6) is 0 Å². The van der Waals surface area contributed by atoms with Gasteiger partial charge in [-0.05, 0) is 53.9 Å². The van der Waals surface area contributed by atoms with Crippen molar-refractivity contribution in [3.63, 3.8) is 0 Å². The second-order valence-corrected chi connectivity index (χ2v) is 6.22. The minimum absolute atomic E-state index is 0.749. The Bertz CT molecular complexity index is 607. The van der Waals surface area contributed by atoms with Gasteiger partial charge in [0.1, 0.15) is 0 Å². The average Bonchev–Trinajstić information content (AvgIpc) is 2.73. The number of hydrogen-bond acceptors (Lipinski definition) is 2. The quantitative estimate of drug-likeness (QED) is 0.771. The first-order chi connectivity index (χ1) is 9.51. The van der Waals surface area contributed by atoms with Gasteiger partial charge in [0.2, 0.25) is 5.95 Å². The molecular weight excluding hydrogens is 338 g/mol. The van der Waals surface area contributed by atoms with Crippen LogP contribution in [0.3, 0.4) is 0 Å². The molecule has 0 radical (unpaired) electrons. The van der Waals surface area contributed by atoms with Crippen LogP contribution in [0.2, 0.25) is 5.02 Å². The third-order valence-corrected chi connectivity index (χ3v) is 4.21. The van der Waals surface area contributed by atoms with Crippen molar-refractivity contribution >= 4 is 39.2 Å². The van der Waals surface area contributed by atoms with E-state index in [0.29, 0.717) is 0 Å². The van der Waals surface area contributed by atoms with Crippen LogP contribution in [0.4, 0.5) is 11.6 Å². The van der Waals surface area contributed by atoms with Gasteiger partial charge in [-0.15, -0.1) is 0 Å². The molecule has 1 heterocycles. The van der Waals surface area contributed by atoms with Crippen molar-refractivity contribution in [2.45, 2.75) is 40.2 Å². The van der Waals surface area contributed by atoms with Gasteiger partial charge in [0.05, 0.1) is 11.4 Å². The highest BCUT2D eigenvalue weighted by atomic mass is 79.9. The lowest BCUT2D eigenvalue weighted by Gasteiger charge is -2.12. The van der Waals surface area contributed by atoms with E-state index in [9.17, 15) is 0 Å². The predicted octanol–water partition coefficient (Wildman–Crippen LogP) is 5.46. The third kappa shape index (κ3) is 3.55. The van der Waals surface area contributed by atoms with Crippen molar-refractivity contribution in [3.8, 4) is 0 Å². The lowest BCUT2D eigenvalue weighted by atomic mass is 10.2. The van der Waals surface area contributed by atoms with E-state index in [0.717, 1.165) is 51.8 Å². The first-order valence-electron chi connectivity index (χ1n) is 6.77. The highest BCUT2D eigenvalue weighted by Crippen LogP contribution is 2.31. The Labute approximate surface area is 133 Å². The number of nitrogens with one attached hydrogen (secondary N) is 1. The van der Waals surface area contributed by atoms with Gasteiger partial charge in [0.15, 0.2) is 0 Å². The minimum atomic E-state index is 0.749. The zero-order valence-corrected chi connectivity index (χ0v) is 14.3. The molecule has 20 heavy (non-hydrogen) atoms. The van der Waals surface area contributed by atoms with Crippen LogP contribution in [-0.2, 0) is 6.54 Å². The Kier molecular flexibility index (Phi) is 5.11. The van der Waals surface area contributed by atoms with E-state index in [1.165, 1.54) is 0 Å². The molecule has 0 fully saturated rings. The highest BCUT2D eigenvalue weighted by Gasteiger charge is 2.09. The maximum absolute atomic E-state index is 6.19. The molecular formula is C15H19BrClN3. The second-order valence-electron chi connectivity index (χ2n) is 4.96. The normalized spacial score (nSPS) is 10.8. The second kappa shape index (κ2) is 6.64. The van der Waals surface area contributed by atoms with Gasteiger partial charge in [-0.1, -0.05) is 24.9 Å². The maximum atomic E-state index is 6.19. The molecule has 2 rings (SSSR count). The first-order valence-corrected chi connectivity index (χ1v) is 7.94. The van der Waals surface area contributed by atoms with Crippen LogP contribution < -0.4 is 5.32 Å². The van der Waals surface area contributed by atoms with Gasteiger partial charge in [0.25, 0.3) is 0 Å². The number of imidazole rings is 1. The largest absolute Gasteiger partial charge is 0.325 e. The zero-order chi connectivity index (χ0) is 14.7. The number of aryl methyl sites for hydroxylation is 3. The Morgan fingerprint density at radius 3 is 2.80 bits per heavy atom. The van der Waals surface area contributed by atoms with Gasteiger partial charge in [-0.2, -0.15) is 0 Å². The van der Waals surface area contributed by atoms with Gasteiger partial charge >= 0.3 is 0 Å². The summed E-state index contributed by atoms with van der Waals surface area (Å²) in [5.41, 5.74) is 3.00. The fourth-order valence-electron chi connectivity index (χ4n) is 2.01. The first kappa shape index (κ1) is 15.4. The minimum Gasteiger partial charge on any atom is -0.325 e. The van der Waals surface area contributed by atoms with Crippen LogP contribution >= 0.6 is 27.5 Å². The Hall–Kier alpha value is -1.000. The standard InChI is InChI=1S/C15H19BrClN3/c1-4-5-6-20-9-11(3)18-15(20)19-14-8-13(17)10(2)7-12(14)16/h7-9H,4-6H2,1-3H3,(H,18,19). The molecule has 0 bridgehead atoms.